The van der Waals surface area contributed by atoms with E-state index < -0.39 is 18.2 Å². The number of hydrogen-bond acceptors (Lipinski definition) is 8. The van der Waals surface area contributed by atoms with E-state index in [1.165, 1.54) is 6.92 Å². The third kappa shape index (κ3) is 8.36. The smallest absolute Gasteiger partial charge is 0.410 e. The molecule has 12 heteroatoms. The van der Waals surface area contributed by atoms with Gasteiger partial charge in [0.25, 0.3) is 5.91 Å². The number of amides is 4. The molecule has 6 rings (SSSR count). The lowest BCUT2D eigenvalue weighted by Gasteiger charge is -2.41. The van der Waals surface area contributed by atoms with Gasteiger partial charge in [0.15, 0.2) is 6.10 Å². The van der Waals surface area contributed by atoms with Crippen molar-refractivity contribution in [2.24, 2.45) is 0 Å². The van der Waals surface area contributed by atoms with Crippen LogP contribution in [-0.4, -0.2) is 121 Å². The minimum absolute atomic E-state index is 0.00807. The van der Waals surface area contributed by atoms with Gasteiger partial charge in [-0.05, 0) is 87.4 Å². The molecule has 0 saturated carbocycles. The monoisotopic (exact) mass is 674 g/mol. The number of nitrogens with zero attached hydrogens (tertiary/aromatic N) is 4. The number of fused-ring (bicyclic) bond motifs is 1. The Kier molecular flexibility index (Phi) is 11.0. The van der Waals surface area contributed by atoms with Crippen LogP contribution in [0.3, 0.4) is 0 Å². The molecule has 1 atom stereocenters. The van der Waals surface area contributed by atoms with Gasteiger partial charge in [0.2, 0.25) is 0 Å². The zero-order valence-corrected chi connectivity index (χ0v) is 29.0. The van der Waals surface area contributed by atoms with Gasteiger partial charge in [-0.25, -0.2) is 9.59 Å². The third-order valence-corrected chi connectivity index (χ3v) is 10.5. The summed E-state index contributed by atoms with van der Waals surface area (Å²) in [5, 5.41) is 6.47. The van der Waals surface area contributed by atoms with E-state index in [2.05, 4.69) is 15.5 Å². The van der Waals surface area contributed by atoms with Crippen molar-refractivity contribution in [3.63, 3.8) is 0 Å². The average Bonchev–Trinajstić information content (AvgIpc) is 3.27. The molecule has 3 saturated heterocycles. The molecule has 3 fully saturated rings. The van der Waals surface area contributed by atoms with Crippen LogP contribution in [0, 0.1) is 13.8 Å². The Labute approximate surface area is 289 Å². The molecule has 4 amide bonds. The standard InChI is InChI=1S/C37H50N6O6/c1-25-22-28(23-26(2)34(25)48-27(3)44)24-33(35(45)41-20-18-40(19-21-41)30-8-13-38-14-9-30)49-37(47)42-15-11-31(12-16-42)43-17-10-29-6-4-5-7-32(29)39-36(43)46/h4-7,22-23,30-31,33,38H,8-21,24H2,1-3H3,(H,39,46)/t33-/m1/s1. The summed E-state index contributed by atoms with van der Waals surface area (Å²) in [6.45, 7) is 11.4. The fourth-order valence-electron chi connectivity index (χ4n) is 7.83. The van der Waals surface area contributed by atoms with Crippen molar-refractivity contribution >= 4 is 29.7 Å². The number of nitrogens with one attached hydrogen (secondary N) is 2. The highest BCUT2D eigenvalue weighted by molar-refractivity contribution is 5.91. The molecule has 49 heavy (non-hydrogen) atoms. The van der Waals surface area contributed by atoms with Gasteiger partial charge in [-0.15, -0.1) is 0 Å². The number of hydrogen-bond donors (Lipinski definition) is 2. The highest BCUT2D eigenvalue weighted by Gasteiger charge is 2.36. The van der Waals surface area contributed by atoms with Crippen molar-refractivity contribution in [2.45, 2.75) is 77.5 Å². The van der Waals surface area contributed by atoms with Crippen LogP contribution in [0.25, 0.3) is 0 Å². The topological polar surface area (TPSA) is 124 Å². The fraction of sp³-hybridized carbons (Fsp3) is 0.568. The molecule has 4 aliphatic heterocycles. The maximum Gasteiger partial charge on any atom is 0.410 e. The zero-order valence-electron chi connectivity index (χ0n) is 29.0. The van der Waals surface area contributed by atoms with Gasteiger partial charge in [-0.3, -0.25) is 14.5 Å². The summed E-state index contributed by atoms with van der Waals surface area (Å²) in [6.07, 6.45) is 2.97. The van der Waals surface area contributed by atoms with Crippen molar-refractivity contribution in [1.82, 2.24) is 24.9 Å². The molecule has 2 N–H and O–H groups in total. The van der Waals surface area contributed by atoms with Gasteiger partial charge < -0.3 is 34.8 Å². The number of carbonyl (C=O) groups is 4. The Morgan fingerprint density at radius 1 is 0.857 bits per heavy atom. The van der Waals surface area contributed by atoms with Gasteiger partial charge in [-0.2, -0.15) is 0 Å². The van der Waals surface area contributed by atoms with E-state index in [1.807, 2.05) is 60.0 Å². The quantitative estimate of drug-likeness (QED) is 0.337. The number of piperidine rings is 2. The summed E-state index contributed by atoms with van der Waals surface area (Å²) in [6, 6.07) is 12.1. The Balaban J connectivity index is 1.11. The molecule has 4 aliphatic rings. The van der Waals surface area contributed by atoms with E-state index in [0.29, 0.717) is 57.4 Å². The molecule has 4 heterocycles. The summed E-state index contributed by atoms with van der Waals surface area (Å²) >= 11 is 0. The Hall–Kier alpha value is -4.16. The lowest BCUT2D eigenvalue weighted by atomic mass is 10.00. The number of ether oxygens (including phenoxy) is 2. The number of likely N-dealkylation sites (tertiary alicyclic amines) is 1. The summed E-state index contributed by atoms with van der Waals surface area (Å²) in [5.41, 5.74) is 4.36. The molecular weight excluding hydrogens is 624 g/mol. The predicted octanol–water partition coefficient (Wildman–Crippen LogP) is 3.73. The molecule has 0 spiro atoms. The minimum Gasteiger partial charge on any atom is -0.436 e. The summed E-state index contributed by atoms with van der Waals surface area (Å²) in [5.74, 6) is -0.0710. The largest absolute Gasteiger partial charge is 0.436 e. The first-order valence-corrected chi connectivity index (χ1v) is 17.8. The zero-order chi connectivity index (χ0) is 34.5. The average molecular weight is 675 g/mol. The van der Waals surface area contributed by atoms with Crippen molar-refractivity contribution in [1.29, 1.82) is 0 Å². The van der Waals surface area contributed by atoms with E-state index in [1.54, 1.807) is 4.90 Å². The van der Waals surface area contributed by atoms with E-state index >= 15 is 0 Å². The van der Waals surface area contributed by atoms with Crippen LogP contribution in [0.1, 0.15) is 54.9 Å². The van der Waals surface area contributed by atoms with Crippen LogP contribution >= 0.6 is 0 Å². The number of aryl methyl sites for hydroxylation is 2. The minimum atomic E-state index is -0.996. The number of carbonyl (C=O) groups excluding carboxylic acids is 4. The summed E-state index contributed by atoms with van der Waals surface area (Å²) in [4.78, 5) is 60.4. The number of benzene rings is 2. The van der Waals surface area contributed by atoms with Crippen molar-refractivity contribution in [3.05, 3.63) is 58.7 Å². The Morgan fingerprint density at radius 3 is 2.20 bits per heavy atom. The summed E-state index contributed by atoms with van der Waals surface area (Å²) < 4.78 is 11.5. The van der Waals surface area contributed by atoms with Crippen molar-refractivity contribution in [3.8, 4) is 5.75 Å². The van der Waals surface area contributed by atoms with Gasteiger partial charge in [-0.1, -0.05) is 30.3 Å². The second-order valence-corrected chi connectivity index (χ2v) is 13.8. The number of esters is 1. The molecule has 0 aromatic heterocycles. The second kappa shape index (κ2) is 15.6. The van der Waals surface area contributed by atoms with Gasteiger partial charge in [0, 0.05) is 76.9 Å². The number of piperazine rings is 1. The number of urea groups is 1. The van der Waals surface area contributed by atoms with Gasteiger partial charge >= 0.3 is 18.1 Å². The molecule has 2 aromatic rings. The van der Waals surface area contributed by atoms with Crippen molar-refractivity contribution < 1.29 is 28.7 Å². The maximum absolute atomic E-state index is 14.1. The first kappa shape index (κ1) is 34.7. The number of rotatable bonds is 7. The first-order valence-electron chi connectivity index (χ1n) is 17.8. The van der Waals surface area contributed by atoms with E-state index in [9.17, 15) is 19.2 Å². The Bertz CT molecular complexity index is 1500. The highest BCUT2D eigenvalue weighted by Crippen LogP contribution is 2.28. The maximum atomic E-state index is 14.1. The Morgan fingerprint density at radius 2 is 1.53 bits per heavy atom. The molecular formula is C37H50N6O6. The van der Waals surface area contributed by atoms with Crippen LogP contribution in [0.15, 0.2) is 36.4 Å². The van der Waals surface area contributed by atoms with Gasteiger partial charge in [0.05, 0.1) is 0 Å². The lowest BCUT2D eigenvalue weighted by molar-refractivity contribution is -0.143. The van der Waals surface area contributed by atoms with Crippen LogP contribution in [-0.2, 0) is 27.2 Å². The molecule has 2 aromatic carbocycles. The van der Waals surface area contributed by atoms with Crippen LogP contribution in [0.2, 0.25) is 0 Å². The lowest BCUT2D eigenvalue weighted by Crippen LogP contribution is -2.56. The van der Waals surface area contributed by atoms with Crippen molar-refractivity contribution in [2.75, 3.05) is 64.2 Å². The van der Waals surface area contributed by atoms with E-state index in [4.69, 9.17) is 9.47 Å². The molecule has 264 valence electrons. The van der Waals surface area contributed by atoms with Crippen LogP contribution in [0.5, 0.6) is 5.75 Å². The molecule has 0 radical (unpaired) electrons. The van der Waals surface area contributed by atoms with Crippen LogP contribution in [0.4, 0.5) is 15.3 Å². The first-order chi connectivity index (χ1) is 23.7. The van der Waals surface area contributed by atoms with E-state index in [-0.39, 0.29) is 24.4 Å². The molecule has 0 unspecified atom stereocenters. The molecule has 0 aliphatic carbocycles. The van der Waals surface area contributed by atoms with Gasteiger partial charge in [0.1, 0.15) is 5.75 Å². The third-order valence-electron chi connectivity index (χ3n) is 10.5. The highest BCUT2D eigenvalue weighted by atomic mass is 16.6. The fourth-order valence-corrected chi connectivity index (χ4v) is 7.83. The summed E-state index contributed by atoms with van der Waals surface area (Å²) in [7, 11) is 0. The second-order valence-electron chi connectivity index (χ2n) is 13.8. The van der Waals surface area contributed by atoms with Crippen LogP contribution < -0.4 is 15.4 Å². The normalized spacial score (nSPS) is 20.2. The predicted molar refractivity (Wildman–Crippen MR) is 186 cm³/mol. The van der Waals surface area contributed by atoms with E-state index in [0.717, 1.165) is 73.4 Å². The SMILES string of the molecule is CC(=O)Oc1c(C)cc(C[C@@H](OC(=O)N2CCC(N3CCc4ccccc4NC3=O)CC2)C(=O)N2CCN(C3CCNCC3)CC2)cc1C. The molecule has 0 bridgehead atoms. The molecule has 12 nitrogen and oxygen atoms in total. The number of para-hydroxylation sites is 1. The number of anilines is 1.